The highest BCUT2D eigenvalue weighted by atomic mass is 79.9. The number of carbonyl (C=O) groups excluding carboxylic acids is 1. The molecule has 0 N–H and O–H groups in total. The molecule has 174 valence electrons. The molecule has 0 spiro atoms. The Morgan fingerprint density at radius 2 is 1.50 bits per heavy atom. The van der Waals surface area contributed by atoms with Crippen LogP contribution >= 0.6 is 31.9 Å². The SMILES string of the molecule is CC(=O)CCCCBr.CC1(CCCCBr)OCCO1.Cc1ccc(S(C)(=O)=O)cc1. The molecule has 2 rings (SSSR count). The van der Waals surface area contributed by atoms with E-state index in [0.717, 1.165) is 55.1 Å². The number of aryl methyl sites for hydroxylation is 1. The van der Waals surface area contributed by atoms with Gasteiger partial charge in [0.2, 0.25) is 0 Å². The maximum Gasteiger partial charge on any atom is 0.175 e. The summed E-state index contributed by atoms with van der Waals surface area (Å²) in [6, 6.07) is 6.81. The first-order valence-electron chi connectivity index (χ1n) is 10.2. The van der Waals surface area contributed by atoms with Crippen LogP contribution in [0.5, 0.6) is 0 Å². The molecule has 8 heteroatoms. The van der Waals surface area contributed by atoms with E-state index in [9.17, 15) is 13.2 Å². The van der Waals surface area contributed by atoms with Crippen LogP contribution in [0.15, 0.2) is 29.2 Å². The fourth-order valence-corrected chi connectivity index (χ4v) is 3.92. The van der Waals surface area contributed by atoms with Gasteiger partial charge in [0.1, 0.15) is 5.78 Å². The molecule has 0 unspecified atom stereocenters. The summed E-state index contributed by atoms with van der Waals surface area (Å²) < 4.78 is 32.8. The third-order valence-electron chi connectivity index (χ3n) is 4.27. The molecule has 0 aliphatic carbocycles. The molecule has 0 bridgehead atoms. The predicted molar refractivity (Wildman–Crippen MR) is 131 cm³/mol. The Morgan fingerprint density at radius 1 is 1.00 bits per heavy atom. The van der Waals surface area contributed by atoms with Crippen molar-refractivity contribution >= 4 is 47.5 Å². The van der Waals surface area contributed by atoms with E-state index in [4.69, 9.17) is 9.47 Å². The number of hydrogen-bond acceptors (Lipinski definition) is 5. The molecule has 0 atom stereocenters. The van der Waals surface area contributed by atoms with Crippen molar-refractivity contribution in [2.75, 3.05) is 30.1 Å². The normalized spacial score (nSPS) is 14.9. The van der Waals surface area contributed by atoms with Gasteiger partial charge in [0.15, 0.2) is 15.6 Å². The predicted octanol–water partition coefficient (Wildman–Crippen LogP) is 5.85. The highest BCUT2D eigenvalue weighted by molar-refractivity contribution is 9.09. The summed E-state index contributed by atoms with van der Waals surface area (Å²) in [5.41, 5.74) is 1.07. The van der Waals surface area contributed by atoms with Gasteiger partial charge < -0.3 is 14.3 Å². The number of ketones is 1. The number of unbranched alkanes of at least 4 members (excludes halogenated alkanes) is 2. The molecule has 1 aromatic carbocycles. The van der Waals surface area contributed by atoms with Gasteiger partial charge in [-0.3, -0.25) is 0 Å². The summed E-state index contributed by atoms with van der Waals surface area (Å²) in [4.78, 5) is 10.7. The molecule has 30 heavy (non-hydrogen) atoms. The van der Waals surface area contributed by atoms with Crippen molar-refractivity contribution in [2.24, 2.45) is 0 Å². The number of Topliss-reactive ketones (excluding diaryl/α,β-unsaturated/α-hetero) is 1. The van der Waals surface area contributed by atoms with E-state index in [0.29, 0.717) is 10.7 Å². The molecule has 1 saturated heterocycles. The van der Waals surface area contributed by atoms with Crippen molar-refractivity contribution in [2.45, 2.75) is 70.0 Å². The first-order chi connectivity index (χ1) is 14.0. The minimum absolute atomic E-state index is 0.276. The zero-order chi connectivity index (χ0) is 23.0. The standard InChI is InChI=1S/C8H15BrO2.C8H10O2S.C6H11BrO/c1-8(4-2-3-5-9)10-6-7-11-8;1-7-3-5-8(6-4-7)11(2,9)10;1-6(8)4-2-3-5-7/h2-7H2,1H3;3-6H,1-2H3;2-5H2,1H3. The lowest BCUT2D eigenvalue weighted by Gasteiger charge is -2.21. The Kier molecular flexibility index (Phi) is 16.2. The van der Waals surface area contributed by atoms with Gasteiger partial charge in [0, 0.05) is 29.8 Å². The van der Waals surface area contributed by atoms with Crippen LogP contribution in [-0.2, 0) is 24.1 Å². The van der Waals surface area contributed by atoms with Gasteiger partial charge in [0.05, 0.1) is 18.1 Å². The van der Waals surface area contributed by atoms with E-state index in [1.165, 1.54) is 19.1 Å². The minimum atomic E-state index is -3.02. The third-order valence-corrected chi connectivity index (χ3v) is 6.52. The van der Waals surface area contributed by atoms with E-state index >= 15 is 0 Å². The Bertz CT molecular complexity index is 684. The molecule has 1 heterocycles. The molecular weight excluding hydrogens is 536 g/mol. The van der Waals surface area contributed by atoms with Gasteiger partial charge in [-0.25, -0.2) is 8.42 Å². The zero-order valence-corrected chi connectivity index (χ0v) is 22.6. The molecule has 0 radical (unpaired) electrons. The van der Waals surface area contributed by atoms with Crippen LogP contribution in [-0.4, -0.2) is 50.1 Å². The average molecular weight is 572 g/mol. The van der Waals surface area contributed by atoms with Gasteiger partial charge >= 0.3 is 0 Å². The molecular formula is C22H36Br2O5S. The Morgan fingerprint density at radius 3 is 1.93 bits per heavy atom. The number of alkyl halides is 2. The quantitative estimate of drug-likeness (QED) is 0.274. The lowest BCUT2D eigenvalue weighted by molar-refractivity contribution is -0.147. The van der Waals surface area contributed by atoms with Crippen molar-refractivity contribution in [1.29, 1.82) is 0 Å². The number of sulfone groups is 1. The summed E-state index contributed by atoms with van der Waals surface area (Å²) in [5.74, 6) is 0.0216. The number of ether oxygens (including phenoxy) is 2. The average Bonchev–Trinajstić information content (AvgIpc) is 3.09. The van der Waals surface area contributed by atoms with Crippen molar-refractivity contribution in [1.82, 2.24) is 0 Å². The molecule has 1 aliphatic rings. The van der Waals surface area contributed by atoms with Crippen LogP contribution in [0.2, 0.25) is 0 Å². The van der Waals surface area contributed by atoms with Crippen LogP contribution in [0.1, 0.15) is 57.9 Å². The molecule has 1 aliphatic heterocycles. The summed E-state index contributed by atoms with van der Waals surface area (Å²) in [6.07, 6.45) is 7.46. The van der Waals surface area contributed by atoms with E-state index in [-0.39, 0.29) is 5.79 Å². The highest BCUT2D eigenvalue weighted by Gasteiger charge is 2.29. The molecule has 0 aromatic heterocycles. The number of benzene rings is 1. The van der Waals surface area contributed by atoms with Gasteiger partial charge in [-0.2, -0.15) is 0 Å². The summed E-state index contributed by atoms with van der Waals surface area (Å²) in [7, 11) is -3.02. The Hall–Kier alpha value is -0.280. The molecule has 0 amide bonds. The van der Waals surface area contributed by atoms with Crippen molar-refractivity contribution in [3.8, 4) is 0 Å². The van der Waals surface area contributed by atoms with Crippen molar-refractivity contribution in [3.63, 3.8) is 0 Å². The number of halogens is 2. The second kappa shape index (κ2) is 16.4. The highest BCUT2D eigenvalue weighted by Crippen LogP contribution is 2.24. The van der Waals surface area contributed by atoms with E-state index in [1.807, 2.05) is 13.8 Å². The molecule has 1 fully saturated rings. The van der Waals surface area contributed by atoms with E-state index < -0.39 is 9.84 Å². The summed E-state index contributed by atoms with van der Waals surface area (Å²) >= 11 is 6.68. The lowest BCUT2D eigenvalue weighted by atomic mass is 10.1. The maximum absolute atomic E-state index is 10.9. The minimum Gasteiger partial charge on any atom is -0.348 e. The second-order valence-corrected chi connectivity index (χ2v) is 11.0. The monoisotopic (exact) mass is 570 g/mol. The van der Waals surface area contributed by atoms with Crippen LogP contribution in [0.25, 0.3) is 0 Å². The fourth-order valence-electron chi connectivity index (χ4n) is 2.50. The smallest absolute Gasteiger partial charge is 0.175 e. The molecule has 5 nitrogen and oxygen atoms in total. The van der Waals surface area contributed by atoms with Crippen LogP contribution in [0.4, 0.5) is 0 Å². The topological polar surface area (TPSA) is 69.7 Å². The van der Waals surface area contributed by atoms with Crippen LogP contribution in [0, 0.1) is 6.92 Å². The summed E-state index contributed by atoms with van der Waals surface area (Å²) in [6.45, 7) is 7.09. The third kappa shape index (κ3) is 15.5. The van der Waals surface area contributed by atoms with Crippen molar-refractivity contribution in [3.05, 3.63) is 29.8 Å². The number of carbonyl (C=O) groups is 1. The first kappa shape index (κ1) is 29.7. The van der Waals surface area contributed by atoms with Crippen LogP contribution in [0.3, 0.4) is 0 Å². The lowest BCUT2D eigenvalue weighted by Crippen LogP contribution is -2.25. The largest absolute Gasteiger partial charge is 0.348 e. The summed E-state index contributed by atoms with van der Waals surface area (Å²) in [5, 5.41) is 2.09. The zero-order valence-electron chi connectivity index (χ0n) is 18.6. The second-order valence-electron chi connectivity index (χ2n) is 7.41. The van der Waals surface area contributed by atoms with Gasteiger partial charge in [0.25, 0.3) is 0 Å². The Balaban J connectivity index is 0.000000428. The number of rotatable bonds is 9. The van der Waals surface area contributed by atoms with Gasteiger partial charge in [-0.15, -0.1) is 0 Å². The fraction of sp³-hybridized carbons (Fsp3) is 0.682. The van der Waals surface area contributed by atoms with E-state index in [1.54, 1.807) is 31.2 Å². The first-order valence-corrected chi connectivity index (χ1v) is 14.3. The van der Waals surface area contributed by atoms with Gasteiger partial charge in [-0.1, -0.05) is 49.6 Å². The van der Waals surface area contributed by atoms with E-state index in [2.05, 4.69) is 31.9 Å². The number of hydrogen-bond donors (Lipinski definition) is 0. The molecule has 1 aromatic rings. The maximum atomic E-state index is 10.9. The van der Waals surface area contributed by atoms with Crippen molar-refractivity contribution < 1.29 is 22.7 Å². The molecule has 0 saturated carbocycles. The van der Waals surface area contributed by atoms with Gasteiger partial charge in [-0.05, 0) is 58.6 Å². The Labute approximate surface area is 199 Å². The van der Waals surface area contributed by atoms with Crippen LogP contribution < -0.4 is 0 Å².